The van der Waals surface area contributed by atoms with Crippen LogP contribution in [0.4, 0.5) is 8.78 Å². The fourth-order valence-corrected chi connectivity index (χ4v) is 0.433. The van der Waals surface area contributed by atoms with Crippen molar-refractivity contribution >= 4 is 5.97 Å². The minimum absolute atomic E-state index is 0.200. The van der Waals surface area contributed by atoms with E-state index in [4.69, 9.17) is 0 Å². The zero-order chi connectivity index (χ0) is 8.85. The molecular weight excluding hydrogens is 154 g/mol. The van der Waals surface area contributed by atoms with Crippen molar-refractivity contribution in [1.29, 1.82) is 0 Å². The summed E-state index contributed by atoms with van der Waals surface area (Å²) in [5, 5.41) is 0. The summed E-state index contributed by atoms with van der Waals surface area (Å²) in [5.41, 5.74) is -0.275. The average molecular weight is 164 g/mol. The van der Waals surface area contributed by atoms with Gasteiger partial charge in [0.05, 0.1) is 6.61 Å². The van der Waals surface area contributed by atoms with Crippen molar-refractivity contribution < 1.29 is 18.3 Å². The van der Waals surface area contributed by atoms with E-state index >= 15 is 0 Å². The molecule has 11 heavy (non-hydrogen) atoms. The van der Waals surface area contributed by atoms with Crippen molar-refractivity contribution in [3.8, 4) is 0 Å². The van der Waals surface area contributed by atoms with Gasteiger partial charge >= 0.3 is 5.97 Å². The lowest BCUT2D eigenvalue weighted by Gasteiger charge is -1.98. The van der Waals surface area contributed by atoms with Crippen LogP contribution in [0.5, 0.6) is 0 Å². The Morgan fingerprint density at radius 3 is 2.55 bits per heavy atom. The molecule has 0 aromatic carbocycles. The lowest BCUT2D eigenvalue weighted by molar-refractivity contribution is -0.137. The monoisotopic (exact) mass is 164 g/mol. The van der Waals surface area contributed by atoms with E-state index < -0.39 is 12.4 Å². The van der Waals surface area contributed by atoms with Crippen molar-refractivity contribution in [3.63, 3.8) is 0 Å². The summed E-state index contributed by atoms with van der Waals surface area (Å²) in [5.74, 6) is -0.717. The van der Waals surface area contributed by atoms with E-state index in [2.05, 4.69) is 4.74 Å². The van der Waals surface area contributed by atoms with Gasteiger partial charge in [-0.25, -0.2) is 13.6 Å². The molecule has 0 aliphatic heterocycles. The predicted molar refractivity (Wildman–Crippen MR) is 36.4 cm³/mol. The third kappa shape index (κ3) is 4.47. The molecule has 0 unspecified atom stereocenters. The number of carbonyl (C=O) groups is 1. The first kappa shape index (κ1) is 10.1. The van der Waals surface area contributed by atoms with Crippen LogP contribution in [0.1, 0.15) is 13.8 Å². The predicted octanol–water partition coefficient (Wildman–Crippen LogP) is 1.76. The van der Waals surface area contributed by atoms with E-state index in [9.17, 15) is 13.6 Å². The van der Waals surface area contributed by atoms with Gasteiger partial charge in [-0.05, 0) is 19.4 Å². The van der Waals surface area contributed by atoms with E-state index in [1.807, 2.05) is 0 Å². The summed E-state index contributed by atoms with van der Waals surface area (Å²) < 4.78 is 27.9. The fourth-order valence-electron chi connectivity index (χ4n) is 0.433. The molecule has 0 amide bonds. The Labute approximate surface area is 63.8 Å². The fraction of sp³-hybridized carbons (Fsp3) is 0.571. The van der Waals surface area contributed by atoms with Crippen molar-refractivity contribution in [2.45, 2.75) is 20.3 Å². The van der Waals surface area contributed by atoms with Gasteiger partial charge in [0.15, 0.2) is 0 Å². The SMILES string of the molecule is CCOC(=O)/C=C(\C)C(F)F. The standard InChI is InChI=1S/C7H10F2O2/c1-3-11-6(10)4-5(2)7(8)9/h4,7H,3H2,1-2H3/b5-4+. The lowest BCUT2D eigenvalue weighted by Crippen LogP contribution is -2.03. The number of rotatable bonds is 3. The molecule has 0 aliphatic rings. The number of halogens is 2. The first-order valence-corrected chi connectivity index (χ1v) is 3.21. The maximum atomic E-state index is 11.8. The molecule has 64 valence electrons. The Morgan fingerprint density at radius 2 is 2.18 bits per heavy atom. The third-order valence-corrected chi connectivity index (χ3v) is 0.976. The van der Waals surface area contributed by atoms with E-state index in [1.165, 1.54) is 6.92 Å². The maximum Gasteiger partial charge on any atom is 0.330 e. The molecule has 0 fully saturated rings. The minimum atomic E-state index is -2.58. The number of hydrogen-bond donors (Lipinski definition) is 0. The van der Waals surface area contributed by atoms with Crippen LogP contribution in [0.3, 0.4) is 0 Å². The van der Waals surface area contributed by atoms with Crippen LogP contribution < -0.4 is 0 Å². The van der Waals surface area contributed by atoms with E-state index in [1.54, 1.807) is 6.92 Å². The Kier molecular flexibility index (Phi) is 4.41. The second-order valence-corrected chi connectivity index (χ2v) is 1.94. The topological polar surface area (TPSA) is 26.3 Å². The van der Waals surface area contributed by atoms with Crippen LogP contribution >= 0.6 is 0 Å². The van der Waals surface area contributed by atoms with Gasteiger partial charge in [0.25, 0.3) is 6.43 Å². The molecule has 0 aromatic heterocycles. The molecule has 4 heteroatoms. The van der Waals surface area contributed by atoms with Crippen LogP contribution in [-0.2, 0) is 9.53 Å². The number of hydrogen-bond acceptors (Lipinski definition) is 2. The van der Waals surface area contributed by atoms with Crippen LogP contribution in [0, 0.1) is 0 Å². The zero-order valence-electron chi connectivity index (χ0n) is 6.43. The molecule has 0 aromatic rings. The highest BCUT2D eigenvalue weighted by molar-refractivity contribution is 5.82. The normalized spacial score (nSPS) is 11.9. The minimum Gasteiger partial charge on any atom is -0.463 e. The Bertz CT molecular complexity index is 164. The van der Waals surface area contributed by atoms with Crippen molar-refractivity contribution in [3.05, 3.63) is 11.6 Å². The summed E-state index contributed by atoms with van der Waals surface area (Å²) in [6, 6.07) is 0. The van der Waals surface area contributed by atoms with Gasteiger partial charge in [0.2, 0.25) is 0 Å². The summed E-state index contributed by atoms with van der Waals surface area (Å²) >= 11 is 0. The van der Waals surface area contributed by atoms with Crippen molar-refractivity contribution in [1.82, 2.24) is 0 Å². The van der Waals surface area contributed by atoms with E-state index in [0.717, 1.165) is 6.08 Å². The largest absolute Gasteiger partial charge is 0.463 e. The molecule has 0 rings (SSSR count). The smallest absolute Gasteiger partial charge is 0.330 e. The van der Waals surface area contributed by atoms with Gasteiger partial charge in [-0.2, -0.15) is 0 Å². The Hall–Kier alpha value is -0.930. The van der Waals surface area contributed by atoms with Crippen LogP contribution in [-0.4, -0.2) is 19.0 Å². The van der Waals surface area contributed by atoms with Crippen LogP contribution in [0.2, 0.25) is 0 Å². The second kappa shape index (κ2) is 4.82. The number of ether oxygens (including phenoxy) is 1. The van der Waals surface area contributed by atoms with Gasteiger partial charge < -0.3 is 4.74 Å². The van der Waals surface area contributed by atoms with Gasteiger partial charge in [0, 0.05) is 6.08 Å². The highest BCUT2D eigenvalue weighted by Gasteiger charge is 2.07. The molecule has 2 nitrogen and oxygen atoms in total. The molecule has 0 saturated heterocycles. The molecule has 0 aliphatic carbocycles. The molecule has 0 N–H and O–H groups in total. The third-order valence-electron chi connectivity index (χ3n) is 0.976. The van der Waals surface area contributed by atoms with Crippen molar-refractivity contribution in [2.75, 3.05) is 6.61 Å². The molecule has 0 radical (unpaired) electrons. The summed E-state index contributed by atoms with van der Waals surface area (Å²) in [4.78, 5) is 10.5. The molecule has 0 atom stereocenters. The van der Waals surface area contributed by atoms with Crippen LogP contribution in [0.15, 0.2) is 11.6 Å². The second-order valence-electron chi connectivity index (χ2n) is 1.94. The maximum absolute atomic E-state index is 11.8. The van der Waals surface area contributed by atoms with Gasteiger partial charge in [-0.15, -0.1) is 0 Å². The number of esters is 1. The van der Waals surface area contributed by atoms with Gasteiger partial charge in [-0.3, -0.25) is 0 Å². The zero-order valence-corrected chi connectivity index (χ0v) is 6.43. The average Bonchev–Trinajstić information content (AvgIpc) is 1.87. The van der Waals surface area contributed by atoms with E-state index in [0.29, 0.717) is 0 Å². The number of carbonyl (C=O) groups excluding carboxylic acids is 1. The molecular formula is C7H10F2O2. The first-order chi connectivity index (χ1) is 5.07. The number of alkyl halides is 2. The highest BCUT2D eigenvalue weighted by Crippen LogP contribution is 2.06. The molecule has 0 bridgehead atoms. The summed E-state index contributed by atoms with van der Waals surface area (Å²) in [6.45, 7) is 3.00. The lowest BCUT2D eigenvalue weighted by atomic mass is 10.3. The Balaban J connectivity index is 3.97. The van der Waals surface area contributed by atoms with Gasteiger partial charge in [0.1, 0.15) is 0 Å². The molecule has 0 saturated carbocycles. The first-order valence-electron chi connectivity index (χ1n) is 3.21. The highest BCUT2D eigenvalue weighted by atomic mass is 19.3. The quantitative estimate of drug-likeness (QED) is 0.469. The summed E-state index contributed by atoms with van der Waals surface area (Å²) in [6.07, 6.45) is -1.78. The van der Waals surface area contributed by atoms with Crippen molar-refractivity contribution in [2.24, 2.45) is 0 Å². The number of allylic oxidation sites excluding steroid dienone is 1. The van der Waals surface area contributed by atoms with E-state index in [-0.39, 0.29) is 12.2 Å². The molecule has 0 spiro atoms. The Morgan fingerprint density at radius 1 is 1.64 bits per heavy atom. The molecule has 0 heterocycles. The van der Waals surface area contributed by atoms with Gasteiger partial charge in [-0.1, -0.05) is 0 Å². The van der Waals surface area contributed by atoms with Crippen LogP contribution in [0.25, 0.3) is 0 Å². The summed E-state index contributed by atoms with van der Waals surface area (Å²) in [7, 11) is 0.